The molecule has 1 nitrogen and oxygen atoms in total. The Morgan fingerprint density at radius 2 is 1.50 bits per heavy atom. The molecule has 3 rings (SSSR count). The second-order valence-electron chi connectivity index (χ2n) is 5.10. The van der Waals surface area contributed by atoms with Gasteiger partial charge in [0.05, 0.1) is 0 Å². The first-order chi connectivity index (χ1) is 9.88. The van der Waals surface area contributed by atoms with E-state index in [1.54, 1.807) is 0 Å². The first kappa shape index (κ1) is 12.9. The number of benzene rings is 3. The molecule has 0 unspecified atom stereocenters. The van der Waals surface area contributed by atoms with Crippen LogP contribution in [-0.2, 0) is 6.42 Å². The highest BCUT2D eigenvalue weighted by molar-refractivity contribution is 5.86. The summed E-state index contributed by atoms with van der Waals surface area (Å²) in [5, 5.41) is 6.10. The van der Waals surface area contributed by atoms with Crippen LogP contribution in [0.25, 0.3) is 10.8 Å². The molecule has 0 spiro atoms. The van der Waals surface area contributed by atoms with E-state index < -0.39 is 0 Å². The van der Waals surface area contributed by atoms with E-state index in [2.05, 4.69) is 78.1 Å². The summed E-state index contributed by atoms with van der Waals surface area (Å²) in [5.41, 5.74) is 2.73. The quantitative estimate of drug-likeness (QED) is 0.736. The second-order valence-corrected chi connectivity index (χ2v) is 5.10. The van der Waals surface area contributed by atoms with E-state index in [-0.39, 0.29) is 0 Å². The lowest BCUT2D eigenvalue weighted by atomic mass is 9.94. The van der Waals surface area contributed by atoms with Crippen LogP contribution in [0.2, 0.25) is 0 Å². The number of likely N-dealkylation sites (N-methyl/N-ethyl adjacent to an activating group) is 1. The molecule has 0 saturated heterocycles. The third kappa shape index (κ3) is 2.59. The van der Waals surface area contributed by atoms with E-state index in [0.717, 1.165) is 6.42 Å². The van der Waals surface area contributed by atoms with E-state index in [4.69, 9.17) is 0 Å². The molecule has 0 heterocycles. The van der Waals surface area contributed by atoms with Crippen molar-refractivity contribution in [1.29, 1.82) is 0 Å². The molecule has 0 bridgehead atoms. The largest absolute Gasteiger partial charge is 0.313 e. The van der Waals surface area contributed by atoms with Gasteiger partial charge >= 0.3 is 0 Å². The van der Waals surface area contributed by atoms with Gasteiger partial charge in [-0.05, 0) is 35.4 Å². The standard InChI is InChI=1S/C19H19N/c1-20-19(14-15-8-3-2-4-9-15)18-13-7-11-16-10-5-6-12-17(16)18/h2-13,19-20H,14H2,1H3/t19-/m0/s1. The van der Waals surface area contributed by atoms with Gasteiger partial charge in [0.15, 0.2) is 0 Å². The van der Waals surface area contributed by atoms with Crippen LogP contribution < -0.4 is 5.32 Å². The zero-order chi connectivity index (χ0) is 13.8. The van der Waals surface area contributed by atoms with Crippen molar-refractivity contribution in [2.75, 3.05) is 7.05 Å². The number of hydrogen-bond donors (Lipinski definition) is 1. The van der Waals surface area contributed by atoms with Gasteiger partial charge in [0, 0.05) is 6.04 Å². The SMILES string of the molecule is CN[C@@H](Cc1ccccc1)c1cccc2ccccc12. The molecule has 0 aliphatic rings. The molecule has 3 aromatic rings. The summed E-state index contributed by atoms with van der Waals surface area (Å²) in [5.74, 6) is 0. The molecule has 0 fully saturated rings. The van der Waals surface area contributed by atoms with Gasteiger partial charge in [-0.15, -0.1) is 0 Å². The zero-order valence-electron chi connectivity index (χ0n) is 11.7. The van der Waals surface area contributed by atoms with Crippen LogP contribution in [0.15, 0.2) is 72.8 Å². The summed E-state index contributed by atoms with van der Waals surface area (Å²) >= 11 is 0. The Hall–Kier alpha value is -2.12. The lowest BCUT2D eigenvalue weighted by Crippen LogP contribution is -2.19. The maximum atomic E-state index is 3.46. The molecular weight excluding hydrogens is 242 g/mol. The number of fused-ring (bicyclic) bond motifs is 1. The predicted molar refractivity (Wildman–Crippen MR) is 85.9 cm³/mol. The second kappa shape index (κ2) is 5.89. The molecule has 0 saturated carbocycles. The van der Waals surface area contributed by atoms with Crippen LogP contribution >= 0.6 is 0 Å². The lowest BCUT2D eigenvalue weighted by molar-refractivity contribution is 0.596. The maximum absolute atomic E-state index is 3.46. The summed E-state index contributed by atoms with van der Waals surface area (Å²) < 4.78 is 0. The first-order valence-corrected chi connectivity index (χ1v) is 7.07. The van der Waals surface area contributed by atoms with Crippen LogP contribution in [0.1, 0.15) is 17.2 Å². The van der Waals surface area contributed by atoms with Gasteiger partial charge in [0.1, 0.15) is 0 Å². The van der Waals surface area contributed by atoms with Crippen molar-refractivity contribution in [2.24, 2.45) is 0 Å². The lowest BCUT2D eigenvalue weighted by Gasteiger charge is -2.19. The summed E-state index contributed by atoms with van der Waals surface area (Å²) in [7, 11) is 2.04. The average Bonchev–Trinajstić information content (AvgIpc) is 2.53. The van der Waals surface area contributed by atoms with Crippen LogP contribution in [0, 0.1) is 0 Å². The highest BCUT2D eigenvalue weighted by Gasteiger charge is 2.12. The third-order valence-electron chi connectivity index (χ3n) is 3.83. The summed E-state index contributed by atoms with van der Waals surface area (Å²) in [4.78, 5) is 0. The fraction of sp³-hybridized carbons (Fsp3) is 0.158. The molecule has 0 aliphatic carbocycles. The number of hydrogen-bond acceptors (Lipinski definition) is 1. The number of nitrogens with one attached hydrogen (secondary N) is 1. The Balaban J connectivity index is 1.99. The Kier molecular flexibility index (Phi) is 3.80. The van der Waals surface area contributed by atoms with Gasteiger partial charge in [0.2, 0.25) is 0 Å². The molecule has 0 aromatic heterocycles. The topological polar surface area (TPSA) is 12.0 Å². The van der Waals surface area contributed by atoms with Crippen molar-refractivity contribution in [3.63, 3.8) is 0 Å². The van der Waals surface area contributed by atoms with Crippen LogP contribution in [0.3, 0.4) is 0 Å². The molecule has 100 valence electrons. The fourth-order valence-corrected chi connectivity index (χ4v) is 2.77. The van der Waals surface area contributed by atoms with Crippen molar-refractivity contribution >= 4 is 10.8 Å². The van der Waals surface area contributed by atoms with Gasteiger partial charge in [-0.25, -0.2) is 0 Å². The Morgan fingerprint density at radius 3 is 2.30 bits per heavy atom. The average molecular weight is 261 g/mol. The van der Waals surface area contributed by atoms with E-state index in [1.807, 2.05) is 7.05 Å². The first-order valence-electron chi connectivity index (χ1n) is 7.07. The van der Waals surface area contributed by atoms with Crippen LogP contribution in [0.4, 0.5) is 0 Å². The Morgan fingerprint density at radius 1 is 0.800 bits per heavy atom. The minimum atomic E-state index is 0.337. The maximum Gasteiger partial charge on any atom is 0.0364 e. The minimum absolute atomic E-state index is 0.337. The fourth-order valence-electron chi connectivity index (χ4n) is 2.77. The molecule has 1 atom stereocenters. The molecule has 20 heavy (non-hydrogen) atoms. The highest BCUT2D eigenvalue weighted by atomic mass is 14.9. The predicted octanol–water partition coefficient (Wildman–Crippen LogP) is 4.34. The highest BCUT2D eigenvalue weighted by Crippen LogP contribution is 2.26. The molecular formula is C19H19N. The monoisotopic (exact) mass is 261 g/mol. The third-order valence-corrected chi connectivity index (χ3v) is 3.83. The van der Waals surface area contributed by atoms with Crippen molar-refractivity contribution in [3.8, 4) is 0 Å². The zero-order valence-corrected chi connectivity index (χ0v) is 11.7. The van der Waals surface area contributed by atoms with Crippen LogP contribution in [0.5, 0.6) is 0 Å². The van der Waals surface area contributed by atoms with Gasteiger partial charge in [-0.3, -0.25) is 0 Å². The van der Waals surface area contributed by atoms with Crippen molar-refractivity contribution < 1.29 is 0 Å². The Bertz CT molecular complexity index is 683. The smallest absolute Gasteiger partial charge is 0.0364 e. The van der Waals surface area contributed by atoms with Crippen molar-refractivity contribution in [1.82, 2.24) is 5.32 Å². The summed E-state index contributed by atoms with van der Waals surface area (Å²) in [6.07, 6.45) is 1.01. The summed E-state index contributed by atoms with van der Waals surface area (Å²) in [6.45, 7) is 0. The van der Waals surface area contributed by atoms with Gasteiger partial charge < -0.3 is 5.32 Å². The minimum Gasteiger partial charge on any atom is -0.313 e. The Labute approximate surface area is 120 Å². The van der Waals surface area contributed by atoms with Crippen molar-refractivity contribution in [3.05, 3.63) is 83.9 Å². The normalized spacial score (nSPS) is 12.4. The van der Waals surface area contributed by atoms with E-state index in [1.165, 1.54) is 21.9 Å². The molecule has 0 amide bonds. The van der Waals surface area contributed by atoms with Gasteiger partial charge in [-0.1, -0.05) is 72.8 Å². The number of rotatable bonds is 4. The molecule has 1 N–H and O–H groups in total. The van der Waals surface area contributed by atoms with Crippen LogP contribution in [-0.4, -0.2) is 7.05 Å². The van der Waals surface area contributed by atoms with E-state index >= 15 is 0 Å². The molecule has 1 heteroatoms. The van der Waals surface area contributed by atoms with Gasteiger partial charge in [-0.2, -0.15) is 0 Å². The van der Waals surface area contributed by atoms with Gasteiger partial charge in [0.25, 0.3) is 0 Å². The van der Waals surface area contributed by atoms with Crippen molar-refractivity contribution in [2.45, 2.75) is 12.5 Å². The molecule has 0 radical (unpaired) electrons. The van der Waals surface area contributed by atoms with E-state index in [0.29, 0.717) is 6.04 Å². The molecule has 0 aliphatic heterocycles. The summed E-state index contributed by atoms with van der Waals surface area (Å²) in [6, 6.07) is 26.1. The molecule has 3 aromatic carbocycles. The van der Waals surface area contributed by atoms with E-state index in [9.17, 15) is 0 Å².